The number of ether oxygens (including phenoxy) is 2. The average Bonchev–Trinajstić information content (AvgIpc) is 2.97. The first-order valence-electron chi connectivity index (χ1n) is 13.8. The van der Waals surface area contributed by atoms with E-state index in [0.717, 1.165) is 45.6 Å². The second-order valence-electron chi connectivity index (χ2n) is 11.2. The molecule has 3 amide bonds. The van der Waals surface area contributed by atoms with Crippen molar-refractivity contribution < 1.29 is 19.1 Å². The van der Waals surface area contributed by atoms with Crippen LogP contribution >= 0.6 is 0 Å². The van der Waals surface area contributed by atoms with Crippen LogP contribution in [0.25, 0.3) is 10.8 Å². The fourth-order valence-corrected chi connectivity index (χ4v) is 5.08. The van der Waals surface area contributed by atoms with E-state index in [9.17, 15) is 9.59 Å². The molecular formula is C32H37N5O4. The highest BCUT2D eigenvalue weighted by Gasteiger charge is 2.29. The number of anilines is 2. The molecule has 2 aromatic carbocycles. The number of amides is 3. The number of hydrogen-bond acceptors (Lipinski definition) is 6. The van der Waals surface area contributed by atoms with Gasteiger partial charge in [0.25, 0.3) is 0 Å². The minimum atomic E-state index is -0.563. The number of fused-ring (bicyclic) bond motifs is 1. The smallest absolute Gasteiger partial charge is 0.414 e. The van der Waals surface area contributed by atoms with Crippen molar-refractivity contribution in [2.24, 2.45) is 0 Å². The molecule has 2 aliphatic heterocycles. The van der Waals surface area contributed by atoms with E-state index in [1.165, 1.54) is 4.90 Å². The molecule has 0 spiro atoms. The number of carbonyl (C=O) groups excluding carboxylic acids is 2. The molecule has 5 rings (SSSR count). The lowest BCUT2D eigenvalue weighted by molar-refractivity contribution is 0.0358. The zero-order chi connectivity index (χ0) is 29.1. The fourth-order valence-electron chi connectivity index (χ4n) is 5.08. The minimum Gasteiger partial charge on any atom is -0.497 e. The number of aromatic nitrogens is 1. The maximum absolute atomic E-state index is 13.7. The van der Waals surface area contributed by atoms with Crippen LogP contribution in [0.5, 0.6) is 5.75 Å². The zero-order valence-corrected chi connectivity index (χ0v) is 24.3. The number of benzene rings is 2. The first-order chi connectivity index (χ1) is 19.6. The Balaban J connectivity index is 1.35. The molecular weight excluding hydrogens is 518 g/mol. The van der Waals surface area contributed by atoms with Gasteiger partial charge in [-0.2, -0.15) is 0 Å². The van der Waals surface area contributed by atoms with E-state index in [-0.39, 0.29) is 6.03 Å². The van der Waals surface area contributed by atoms with Crippen LogP contribution in [-0.4, -0.2) is 66.3 Å². The van der Waals surface area contributed by atoms with Crippen molar-refractivity contribution in [2.75, 3.05) is 43.6 Å². The van der Waals surface area contributed by atoms with Crippen LogP contribution in [-0.2, 0) is 11.3 Å². The van der Waals surface area contributed by atoms with Crippen LogP contribution in [0.3, 0.4) is 0 Å². The van der Waals surface area contributed by atoms with Crippen LogP contribution in [0.1, 0.15) is 32.8 Å². The van der Waals surface area contributed by atoms with Gasteiger partial charge in [-0.05, 0) is 63.1 Å². The first-order valence-corrected chi connectivity index (χ1v) is 13.8. The van der Waals surface area contributed by atoms with Gasteiger partial charge in [-0.1, -0.05) is 24.3 Å². The lowest BCUT2D eigenvalue weighted by Gasteiger charge is -2.36. The molecule has 0 bridgehead atoms. The summed E-state index contributed by atoms with van der Waals surface area (Å²) in [5.41, 5.74) is 3.04. The Morgan fingerprint density at radius 1 is 1.02 bits per heavy atom. The molecule has 214 valence electrons. The van der Waals surface area contributed by atoms with E-state index in [4.69, 9.17) is 9.47 Å². The highest BCUT2D eigenvalue weighted by Crippen LogP contribution is 2.35. The van der Waals surface area contributed by atoms with E-state index >= 15 is 0 Å². The van der Waals surface area contributed by atoms with E-state index < -0.39 is 11.7 Å². The van der Waals surface area contributed by atoms with Gasteiger partial charge in [0, 0.05) is 62.1 Å². The van der Waals surface area contributed by atoms with Crippen molar-refractivity contribution in [2.45, 2.75) is 39.3 Å². The average molecular weight is 556 g/mol. The van der Waals surface area contributed by atoms with E-state index in [1.54, 1.807) is 20.4 Å². The third-order valence-electron chi connectivity index (χ3n) is 7.18. The lowest BCUT2D eigenvalue weighted by Crippen LogP contribution is -2.49. The molecule has 1 saturated heterocycles. The predicted octanol–water partition coefficient (Wildman–Crippen LogP) is 6.16. The summed E-state index contributed by atoms with van der Waals surface area (Å²) in [5.74, 6) is 0.795. The van der Waals surface area contributed by atoms with Crippen molar-refractivity contribution in [3.05, 3.63) is 84.5 Å². The number of allylic oxidation sites excluding steroid dienone is 1. The Morgan fingerprint density at radius 3 is 2.49 bits per heavy atom. The summed E-state index contributed by atoms with van der Waals surface area (Å²) in [7, 11) is 3.35. The maximum Gasteiger partial charge on any atom is 0.414 e. The molecule has 0 unspecified atom stereocenters. The quantitative estimate of drug-likeness (QED) is 0.363. The molecule has 3 aromatic rings. The summed E-state index contributed by atoms with van der Waals surface area (Å²) >= 11 is 0. The van der Waals surface area contributed by atoms with E-state index in [1.807, 2.05) is 97.6 Å². The summed E-state index contributed by atoms with van der Waals surface area (Å²) in [4.78, 5) is 38.1. The van der Waals surface area contributed by atoms with Gasteiger partial charge in [0.2, 0.25) is 0 Å². The lowest BCUT2D eigenvalue weighted by atomic mass is 10.1. The monoisotopic (exact) mass is 555 g/mol. The Hall–Kier alpha value is -4.53. The van der Waals surface area contributed by atoms with Gasteiger partial charge in [-0.15, -0.1) is 0 Å². The highest BCUT2D eigenvalue weighted by atomic mass is 16.6. The van der Waals surface area contributed by atoms with Crippen molar-refractivity contribution >= 4 is 34.3 Å². The number of pyridine rings is 1. The maximum atomic E-state index is 13.7. The van der Waals surface area contributed by atoms with Gasteiger partial charge in [0.1, 0.15) is 11.4 Å². The van der Waals surface area contributed by atoms with Crippen LogP contribution in [0.15, 0.2) is 78.9 Å². The predicted molar refractivity (Wildman–Crippen MR) is 161 cm³/mol. The van der Waals surface area contributed by atoms with Gasteiger partial charge in [-0.3, -0.25) is 14.8 Å². The minimum absolute atomic E-state index is 0.0256. The van der Waals surface area contributed by atoms with Crippen LogP contribution in [0.2, 0.25) is 0 Å². The molecule has 2 aliphatic rings. The Labute approximate surface area is 241 Å². The number of methoxy groups -OCH3 is 1. The topological polar surface area (TPSA) is 78.5 Å². The van der Waals surface area contributed by atoms with Crippen molar-refractivity contribution in [3.63, 3.8) is 0 Å². The SMILES string of the molecule is COc1ccc(CN2CCCN(c3cncc4c(N5C=CC(N(C)C(=O)OC(C)(C)C)=CC5)cccc34)C2=O)cc1. The summed E-state index contributed by atoms with van der Waals surface area (Å²) in [6, 6.07) is 13.9. The largest absolute Gasteiger partial charge is 0.497 e. The third-order valence-corrected chi connectivity index (χ3v) is 7.18. The molecule has 0 N–H and O–H groups in total. The number of carbonyl (C=O) groups is 2. The van der Waals surface area contributed by atoms with E-state index in [0.29, 0.717) is 26.2 Å². The first kappa shape index (κ1) is 28.0. The van der Waals surface area contributed by atoms with Crippen molar-refractivity contribution in [1.82, 2.24) is 14.8 Å². The number of nitrogens with zero attached hydrogens (tertiary/aromatic N) is 5. The molecule has 0 atom stereocenters. The summed E-state index contributed by atoms with van der Waals surface area (Å²) in [5, 5.41) is 1.92. The van der Waals surface area contributed by atoms with Crippen LogP contribution in [0.4, 0.5) is 21.0 Å². The number of hydrogen-bond donors (Lipinski definition) is 0. The van der Waals surface area contributed by atoms with Gasteiger partial charge in [-0.25, -0.2) is 9.59 Å². The molecule has 9 nitrogen and oxygen atoms in total. The summed E-state index contributed by atoms with van der Waals surface area (Å²) in [6.07, 6.45) is 9.94. The molecule has 0 saturated carbocycles. The summed E-state index contributed by atoms with van der Waals surface area (Å²) in [6.45, 7) is 8.00. The molecule has 9 heteroatoms. The number of likely N-dealkylation sites (N-methyl/N-ethyl adjacent to an activating group) is 1. The van der Waals surface area contributed by atoms with Gasteiger partial charge in [0.05, 0.1) is 24.7 Å². The zero-order valence-electron chi connectivity index (χ0n) is 24.3. The van der Waals surface area contributed by atoms with Crippen LogP contribution < -0.4 is 14.5 Å². The molecule has 1 aromatic heterocycles. The van der Waals surface area contributed by atoms with Crippen molar-refractivity contribution in [1.29, 1.82) is 0 Å². The Kier molecular flexibility index (Phi) is 7.88. The summed E-state index contributed by atoms with van der Waals surface area (Å²) < 4.78 is 10.8. The Bertz CT molecular complexity index is 1490. The van der Waals surface area contributed by atoms with Gasteiger partial charge in [0.15, 0.2) is 0 Å². The van der Waals surface area contributed by atoms with Crippen LogP contribution in [0, 0.1) is 0 Å². The standard InChI is InChI=1S/C32H37N5O4/c1-32(2,3)41-31(39)34(4)24-14-18-35(19-15-24)28-9-6-8-26-27(28)20-33-21-29(26)37-17-7-16-36(30(37)38)22-23-10-12-25(40-5)13-11-23/h6,8-15,18,20-21H,7,16-17,19,22H2,1-5H3. The fraction of sp³-hybridized carbons (Fsp3) is 0.344. The molecule has 0 radical (unpaired) electrons. The van der Waals surface area contributed by atoms with Gasteiger partial charge >= 0.3 is 12.1 Å². The highest BCUT2D eigenvalue weighted by molar-refractivity contribution is 6.06. The number of urea groups is 1. The molecule has 41 heavy (non-hydrogen) atoms. The number of rotatable bonds is 6. The third kappa shape index (κ3) is 6.14. The molecule has 0 aliphatic carbocycles. The molecule has 1 fully saturated rings. The molecule has 3 heterocycles. The Morgan fingerprint density at radius 2 is 1.80 bits per heavy atom. The van der Waals surface area contributed by atoms with Crippen molar-refractivity contribution in [3.8, 4) is 5.75 Å². The second-order valence-corrected chi connectivity index (χ2v) is 11.2. The van der Waals surface area contributed by atoms with E-state index in [2.05, 4.69) is 9.88 Å². The normalized spacial score (nSPS) is 15.7. The van der Waals surface area contributed by atoms with Gasteiger partial charge < -0.3 is 19.3 Å². The second kappa shape index (κ2) is 11.5.